The topological polar surface area (TPSA) is 511 Å². The molecule has 1 aromatic carbocycles. The van der Waals surface area contributed by atoms with Crippen LogP contribution in [0.4, 0.5) is 0 Å². The molecule has 30 heteroatoms. The third-order valence-corrected chi connectivity index (χ3v) is 13.4. The summed E-state index contributed by atoms with van der Waals surface area (Å²) in [6, 6.07) is -7.34. The first-order chi connectivity index (χ1) is 39.5. The van der Waals surface area contributed by atoms with Gasteiger partial charge in [-0.15, -0.1) is 0 Å². The third-order valence-electron chi connectivity index (χ3n) is 13.4. The molecule has 24 N–H and O–H groups in total. The van der Waals surface area contributed by atoms with Crippen LogP contribution in [-0.4, -0.2) is 198 Å². The number of hydrogen-bond acceptors (Lipinski definition) is 19. The lowest BCUT2D eigenvalue weighted by atomic mass is 10.0. The molecule has 1 fully saturated rings. The molecule has 83 heavy (non-hydrogen) atoms. The standard InChI is InChI=1S/C53H92N16O14/c1-5-6-7-8-12-15-40(73)60-33(16-22-54)48(78)68-42(30(3)71)52(82)65-36(19-25-57)45(75)63-38-21-27-59-51(81)41(29(2)70)67-49(79)37(20-26-58)62-44(74)35(18-24-56)64-53(83)43(31(4)72)69-50(80)39(28-32-13-10-9-11-14-32)66-46(76)34(17-23-55)61-47(38)77/h9-11,13-14,29-31,33-39,41-43,70-72H,5-8,12,15-28,54-58H2,1-4H3,(H,59,81)(H,60,73)(H,61,77)(H,62,74)(H,63,75)(H,64,83)(H,65,82)(H,66,76)(H,67,79)(H,68,78)(H,69,80)/t29-,30-,31-,33+,34+,35+,36?,37+,38+,39?,41+,42+,43+/m1/s1. The summed E-state index contributed by atoms with van der Waals surface area (Å²) in [6.07, 6.45) is -2.00. The van der Waals surface area contributed by atoms with Crippen LogP contribution < -0.4 is 87.2 Å². The van der Waals surface area contributed by atoms with Crippen molar-refractivity contribution in [3.63, 3.8) is 0 Å². The normalized spacial score (nSPS) is 23.1. The maximum absolute atomic E-state index is 14.5. The predicted octanol–water partition coefficient (Wildman–Crippen LogP) is -7.16. The number of carbonyl (C=O) groups is 11. The van der Waals surface area contributed by atoms with E-state index in [1.54, 1.807) is 30.3 Å². The molecule has 0 bridgehead atoms. The van der Waals surface area contributed by atoms with Crippen LogP contribution in [0.2, 0.25) is 0 Å². The van der Waals surface area contributed by atoms with Crippen molar-refractivity contribution in [1.82, 2.24) is 58.5 Å². The SMILES string of the molecule is CCCCCCCC(=O)N[C@@H](CCN)C(=O)N[C@H](C(=O)NC(CCN)C(=O)N[C@H]1CCNC(=O)[C@H]([C@@H](C)O)NC(=O)[C@H](CCN)NC(=O)[C@H](CCN)NC(=O)[C@H]([C@@H](C)O)NC(=O)C(Cc2ccccc2)NC(=O)[C@H](CCN)NC1=O)[C@@H](C)O. The van der Waals surface area contributed by atoms with Crippen LogP contribution in [0.1, 0.15) is 110 Å². The minimum Gasteiger partial charge on any atom is -0.391 e. The van der Waals surface area contributed by atoms with Gasteiger partial charge >= 0.3 is 0 Å². The number of aliphatic hydroxyl groups is 3. The number of aliphatic hydroxyl groups excluding tert-OH is 3. The Morgan fingerprint density at radius 1 is 0.542 bits per heavy atom. The number of unbranched alkanes of at least 4 members (excludes halogenated alkanes) is 4. The highest BCUT2D eigenvalue weighted by Crippen LogP contribution is 2.10. The van der Waals surface area contributed by atoms with E-state index in [0.717, 1.165) is 25.7 Å². The zero-order valence-corrected chi connectivity index (χ0v) is 48.0. The molecule has 0 radical (unpaired) electrons. The number of benzene rings is 1. The van der Waals surface area contributed by atoms with E-state index in [4.69, 9.17) is 28.7 Å². The van der Waals surface area contributed by atoms with Gasteiger partial charge in [-0.3, -0.25) is 52.7 Å². The monoisotopic (exact) mass is 1180 g/mol. The highest BCUT2D eigenvalue weighted by molar-refractivity contribution is 5.99. The Morgan fingerprint density at radius 3 is 1.52 bits per heavy atom. The van der Waals surface area contributed by atoms with Crippen molar-refractivity contribution >= 4 is 65.0 Å². The number of hydrogen-bond donors (Lipinski definition) is 19. The van der Waals surface area contributed by atoms with Crippen LogP contribution in [0.3, 0.4) is 0 Å². The number of rotatable bonds is 28. The van der Waals surface area contributed by atoms with Gasteiger partial charge < -0.3 is 102 Å². The highest BCUT2D eigenvalue weighted by atomic mass is 16.3. The Labute approximate surface area is 483 Å². The summed E-state index contributed by atoms with van der Waals surface area (Å²) >= 11 is 0. The molecule has 1 heterocycles. The van der Waals surface area contributed by atoms with E-state index in [9.17, 15) is 68.1 Å². The lowest BCUT2D eigenvalue weighted by Gasteiger charge is -2.29. The second-order valence-electron chi connectivity index (χ2n) is 20.5. The summed E-state index contributed by atoms with van der Waals surface area (Å²) in [7, 11) is 0. The fourth-order valence-electron chi connectivity index (χ4n) is 8.70. The Bertz CT molecular complexity index is 2260. The van der Waals surface area contributed by atoms with Crippen molar-refractivity contribution in [2.24, 2.45) is 28.7 Å². The summed E-state index contributed by atoms with van der Waals surface area (Å²) in [5.74, 6) is -10.5. The smallest absolute Gasteiger partial charge is 0.245 e. The minimum absolute atomic E-state index is 0.0227. The van der Waals surface area contributed by atoms with E-state index in [0.29, 0.717) is 12.0 Å². The Balaban J connectivity index is 2.67. The zero-order chi connectivity index (χ0) is 62.2. The molecule has 1 aliphatic rings. The number of amides is 11. The van der Waals surface area contributed by atoms with Gasteiger partial charge in [0.05, 0.1) is 18.3 Å². The molecule has 30 nitrogen and oxygen atoms in total. The van der Waals surface area contributed by atoms with E-state index < -0.39 is 157 Å². The van der Waals surface area contributed by atoms with E-state index in [1.807, 2.05) is 0 Å². The molecule has 2 unspecified atom stereocenters. The van der Waals surface area contributed by atoms with Crippen LogP contribution in [0.5, 0.6) is 0 Å². The minimum atomic E-state index is -1.77. The van der Waals surface area contributed by atoms with Gasteiger partial charge in [0.2, 0.25) is 65.0 Å². The van der Waals surface area contributed by atoms with Crippen molar-refractivity contribution in [2.45, 2.75) is 190 Å². The molecule has 468 valence electrons. The number of nitrogens with two attached hydrogens (primary N) is 5. The summed E-state index contributed by atoms with van der Waals surface area (Å²) in [4.78, 5) is 153. The molecule has 1 aliphatic heterocycles. The van der Waals surface area contributed by atoms with Gasteiger partial charge in [-0.25, -0.2) is 0 Å². The van der Waals surface area contributed by atoms with Crippen molar-refractivity contribution in [3.05, 3.63) is 35.9 Å². The quantitative estimate of drug-likeness (QED) is 0.0347. The fourth-order valence-corrected chi connectivity index (χ4v) is 8.70. The molecule has 2 rings (SSSR count). The second kappa shape index (κ2) is 38.8. The average molecular weight is 1180 g/mol. The molecule has 1 saturated heterocycles. The second-order valence-corrected chi connectivity index (χ2v) is 20.5. The molecular formula is C53H92N16O14. The van der Waals surface area contributed by atoms with E-state index >= 15 is 0 Å². The number of nitrogens with one attached hydrogen (secondary N) is 11. The first-order valence-electron chi connectivity index (χ1n) is 28.4. The fraction of sp³-hybridized carbons (Fsp3) is 0.679. The lowest BCUT2D eigenvalue weighted by molar-refractivity contribution is -0.137. The van der Waals surface area contributed by atoms with Gasteiger partial charge in [0.1, 0.15) is 60.4 Å². The van der Waals surface area contributed by atoms with Crippen LogP contribution >= 0.6 is 0 Å². The molecule has 0 aliphatic carbocycles. The Hall–Kier alpha value is -6.93. The van der Waals surface area contributed by atoms with E-state index in [-0.39, 0.29) is 77.7 Å². The number of carbonyl (C=O) groups excluding carboxylic acids is 11. The van der Waals surface area contributed by atoms with Gasteiger partial charge in [0, 0.05) is 19.4 Å². The van der Waals surface area contributed by atoms with Crippen LogP contribution in [0, 0.1) is 0 Å². The molecule has 0 spiro atoms. The molecule has 0 saturated carbocycles. The van der Waals surface area contributed by atoms with Crippen LogP contribution in [0.15, 0.2) is 30.3 Å². The Kier molecular flexibility index (Phi) is 33.7. The molecule has 1 aromatic rings. The molecule has 0 aromatic heterocycles. The molecular weight excluding hydrogens is 1080 g/mol. The largest absolute Gasteiger partial charge is 0.391 e. The van der Waals surface area contributed by atoms with Gasteiger partial charge in [0.15, 0.2) is 0 Å². The summed E-state index contributed by atoms with van der Waals surface area (Å²) in [5.41, 5.74) is 29.7. The maximum atomic E-state index is 14.5. The van der Waals surface area contributed by atoms with E-state index in [2.05, 4.69) is 65.4 Å². The van der Waals surface area contributed by atoms with Gasteiger partial charge in [0.25, 0.3) is 0 Å². The molecule has 13 atom stereocenters. The van der Waals surface area contributed by atoms with Crippen LogP contribution in [-0.2, 0) is 59.2 Å². The van der Waals surface area contributed by atoms with Crippen molar-refractivity contribution in [2.75, 3.05) is 39.3 Å². The van der Waals surface area contributed by atoms with E-state index in [1.165, 1.54) is 20.8 Å². The van der Waals surface area contributed by atoms with Crippen molar-refractivity contribution in [3.8, 4) is 0 Å². The molecule has 11 amide bonds. The first kappa shape index (κ1) is 72.2. The highest BCUT2D eigenvalue weighted by Gasteiger charge is 2.38. The lowest BCUT2D eigenvalue weighted by Crippen LogP contribution is -2.62. The van der Waals surface area contributed by atoms with Crippen LogP contribution in [0.25, 0.3) is 0 Å². The summed E-state index contributed by atoms with van der Waals surface area (Å²) in [6.45, 7) is 4.26. The zero-order valence-electron chi connectivity index (χ0n) is 48.0. The maximum Gasteiger partial charge on any atom is 0.245 e. The third kappa shape index (κ3) is 25.6. The predicted molar refractivity (Wildman–Crippen MR) is 304 cm³/mol. The first-order valence-corrected chi connectivity index (χ1v) is 28.4. The summed E-state index contributed by atoms with van der Waals surface area (Å²) < 4.78 is 0. The van der Waals surface area contributed by atoms with Crippen molar-refractivity contribution < 1.29 is 68.1 Å². The average Bonchev–Trinajstić information content (AvgIpc) is 3.48. The van der Waals surface area contributed by atoms with Gasteiger partial charge in [-0.2, -0.15) is 0 Å². The van der Waals surface area contributed by atoms with Gasteiger partial charge in [-0.1, -0.05) is 62.9 Å². The summed E-state index contributed by atoms with van der Waals surface area (Å²) in [5, 5.41) is 59.6. The Morgan fingerprint density at radius 2 is 1.01 bits per heavy atom. The van der Waals surface area contributed by atoms with Crippen molar-refractivity contribution in [1.29, 1.82) is 0 Å². The van der Waals surface area contributed by atoms with Gasteiger partial charge in [-0.05, 0) is 104 Å².